The number of hydrogen-bond acceptors (Lipinski definition) is 2. The molecule has 0 aromatic carbocycles. The van der Waals surface area contributed by atoms with Gasteiger partial charge in [0, 0.05) is 12.1 Å². The Bertz CT molecular complexity index is 149. The van der Waals surface area contributed by atoms with Crippen LogP contribution in [0.25, 0.3) is 0 Å². The van der Waals surface area contributed by atoms with Gasteiger partial charge in [0.2, 0.25) is 0 Å². The van der Waals surface area contributed by atoms with Crippen LogP contribution in [0.4, 0.5) is 4.79 Å². The van der Waals surface area contributed by atoms with Crippen molar-refractivity contribution in [2.75, 3.05) is 6.54 Å². The van der Waals surface area contributed by atoms with E-state index in [4.69, 9.17) is 5.73 Å². The van der Waals surface area contributed by atoms with E-state index >= 15 is 0 Å². The zero-order valence-electron chi connectivity index (χ0n) is 6.76. The van der Waals surface area contributed by atoms with Crippen LogP contribution < -0.4 is 16.4 Å². The molecule has 0 spiro atoms. The van der Waals surface area contributed by atoms with Crippen LogP contribution in [0.15, 0.2) is 0 Å². The summed E-state index contributed by atoms with van der Waals surface area (Å²) in [6.07, 6.45) is 2.13. The minimum atomic E-state index is -0.425. The Labute approximate surface area is 66.5 Å². The van der Waals surface area contributed by atoms with E-state index in [0.29, 0.717) is 6.04 Å². The number of piperidine rings is 1. The molecule has 2 atom stereocenters. The lowest BCUT2D eigenvalue weighted by Gasteiger charge is -2.29. The van der Waals surface area contributed by atoms with Gasteiger partial charge in [0.25, 0.3) is 0 Å². The molecular weight excluding hydrogens is 142 g/mol. The molecule has 0 aliphatic carbocycles. The van der Waals surface area contributed by atoms with Crippen LogP contribution in [0.3, 0.4) is 0 Å². The molecule has 1 heterocycles. The van der Waals surface area contributed by atoms with Crippen molar-refractivity contribution in [2.45, 2.75) is 31.8 Å². The molecule has 1 saturated heterocycles. The molecule has 0 radical (unpaired) electrons. The lowest BCUT2D eigenvalue weighted by molar-refractivity contribution is 0.236. The Morgan fingerprint density at radius 3 is 3.00 bits per heavy atom. The van der Waals surface area contributed by atoms with Gasteiger partial charge in [-0.1, -0.05) is 0 Å². The second-order valence-corrected chi connectivity index (χ2v) is 3.00. The highest BCUT2D eigenvalue weighted by Crippen LogP contribution is 2.07. The van der Waals surface area contributed by atoms with Crippen LogP contribution >= 0.6 is 0 Å². The van der Waals surface area contributed by atoms with Gasteiger partial charge >= 0.3 is 6.03 Å². The zero-order valence-corrected chi connectivity index (χ0v) is 6.76. The molecule has 0 saturated carbocycles. The largest absolute Gasteiger partial charge is 0.352 e. The van der Waals surface area contributed by atoms with E-state index in [2.05, 4.69) is 17.6 Å². The van der Waals surface area contributed by atoms with E-state index in [9.17, 15) is 4.79 Å². The number of carbonyl (C=O) groups is 1. The number of nitrogens with two attached hydrogens (primary N) is 1. The van der Waals surface area contributed by atoms with Crippen LogP contribution in [0.2, 0.25) is 0 Å². The lowest BCUT2D eigenvalue weighted by Crippen LogP contribution is -2.53. The van der Waals surface area contributed by atoms with Crippen molar-refractivity contribution in [3.05, 3.63) is 0 Å². The van der Waals surface area contributed by atoms with Gasteiger partial charge in [-0.2, -0.15) is 0 Å². The molecule has 11 heavy (non-hydrogen) atoms. The third-order valence-electron chi connectivity index (χ3n) is 2.09. The third-order valence-corrected chi connectivity index (χ3v) is 2.09. The summed E-state index contributed by atoms with van der Waals surface area (Å²) in [5, 5.41) is 5.97. The molecule has 4 nitrogen and oxygen atoms in total. The topological polar surface area (TPSA) is 67.2 Å². The molecule has 0 aromatic heterocycles. The van der Waals surface area contributed by atoms with E-state index in [1.807, 2.05) is 0 Å². The van der Waals surface area contributed by atoms with Crippen molar-refractivity contribution in [1.82, 2.24) is 10.6 Å². The molecule has 4 N–H and O–H groups in total. The van der Waals surface area contributed by atoms with E-state index in [0.717, 1.165) is 19.4 Å². The fourth-order valence-electron chi connectivity index (χ4n) is 1.42. The Hall–Kier alpha value is -0.770. The minimum absolute atomic E-state index is 0.209. The van der Waals surface area contributed by atoms with Gasteiger partial charge in [-0.3, -0.25) is 0 Å². The summed E-state index contributed by atoms with van der Waals surface area (Å²) in [6.45, 7) is 3.10. The van der Waals surface area contributed by atoms with Crippen LogP contribution in [-0.4, -0.2) is 24.7 Å². The van der Waals surface area contributed by atoms with E-state index in [1.54, 1.807) is 0 Å². The lowest BCUT2D eigenvalue weighted by atomic mass is 10.0. The van der Waals surface area contributed by atoms with Crippen molar-refractivity contribution in [3.8, 4) is 0 Å². The number of amides is 2. The SMILES string of the molecule is CC1NCCCC1NC(N)=O. The first-order valence-electron chi connectivity index (χ1n) is 3.99. The smallest absolute Gasteiger partial charge is 0.312 e. The number of primary amides is 1. The maximum atomic E-state index is 10.5. The summed E-state index contributed by atoms with van der Waals surface area (Å²) >= 11 is 0. The average molecular weight is 157 g/mol. The maximum absolute atomic E-state index is 10.5. The first-order chi connectivity index (χ1) is 5.20. The van der Waals surface area contributed by atoms with Crippen LogP contribution in [0, 0.1) is 0 Å². The first-order valence-corrected chi connectivity index (χ1v) is 3.99. The van der Waals surface area contributed by atoms with E-state index < -0.39 is 6.03 Å². The number of hydrogen-bond donors (Lipinski definition) is 3. The van der Waals surface area contributed by atoms with Crippen molar-refractivity contribution in [2.24, 2.45) is 5.73 Å². The second kappa shape index (κ2) is 3.57. The van der Waals surface area contributed by atoms with Crippen LogP contribution in [0.5, 0.6) is 0 Å². The molecule has 2 unspecified atom stereocenters. The van der Waals surface area contributed by atoms with E-state index in [-0.39, 0.29) is 6.04 Å². The molecule has 64 valence electrons. The molecule has 0 aromatic rings. The molecule has 1 aliphatic rings. The highest BCUT2D eigenvalue weighted by Gasteiger charge is 2.20. The summed E-state index contributed by atoms with van der Waals surface area (Å²) in [5.74, 6) is 0. The number of nitrogens with one attached hydrogen (secondary N) is 2. The van der Waals surface area contributed by atoms with Crippen molar-refractivity contribution in [1.29, 1.82) is 0 Å². The predicted octanol–water partition coefficient (Wildman–Crippen LogP) is -0.205. The van der Waals surface area contributed by atoms with Gasteiger partial charge in [-0.15, -0.1) is 0 Å². The third kappa shape index (κ3) is 2.38. The summed E-state index contributed by atoms with van der Waals surface area (Å²) in [5.41, 5.74) is 5.01. The van der Waals surface area contributed by atoms with Gasteiger partial charge in [-0.25, -0.2) is 4.79 Å². The second-order valence-electron chi connectivity index (χ2n) is 3.00. The van der Waals surface area contributed by atoms with Gasteiger partial charge in [-0.05, 0) is 26.3 Å². The highest BCUT2D eigenvalue weighted by atomic mass is 16.2. The van der Waals surface area contributed by atoms with Gasteiger partial charge in [0.1, 0.15) is 0 Å². The van der Waals surface area contributed by atoms with Gasteiger partial charge in [0.15, 0.2) is 0 Å². The van der Waals surface area contributed by atoms with Gasteiger partial charge < -0.3 is 16.4 Å². The molecular formula is C7H15N3O. The number of carbonyl (C=O) groups excluding carboxylic acids is 1. The van der Waals surface area contributed by atoms with Crippen LogP contribution in [-0.2, 0) is 0 Å². The van der Waals surface area contributed by atoms with Gasteiger partial charge in [0.05, 0.1) is 0 Å². The Balaban J connectivity index is 2.35. The van der Waals surface area contributed by atoms with Crippen molar-refractivity contribution in [3.63, 3.8) is 0 Å². The monoisotopic (exact) mass is 157 g/mol. The Morgan fingerprint density at radius 2 is 2.45 bits per heavy atom. The van der Waals surface area contributed by atoms with Crippen molar-refractivity contribution >= 4 is 6.03 Å². The Morgan fingerprint density at radius 1 is 1.73 bits per heavy atom. The molecule has 1 rings (SSSR count). The standard InChI is InChI=1S/C7H15N3O/c1-5-6(10-7(8)11)3-2-4-9-5/h5-6,9H,2-4H2,1H3,(H3,8,10,11). The summed E-state index contributed by atoms with van der Waals surface area (Å²) in [6, 6.07) is 0.128. The molecule has 4 heteroatoms. The highest BCUT2D eigenvalue weighted by molar-refractivity contribution is 5.72. The van der Waals surface area contributed by atoms with Crippen LogP contribution in [0.1, 0.15) is 19.8 Å². The maximum Gasteiger partial charge on any atom is 0.312 e. The molecule has 0 bridgehead atoms. The summed E-state index contributed by atoms with van der Waals surface area (Å²) in [4.78, 5) is 10.5. The molecule has 2 amide bonds. The number of urea groups is 1. The Kier molecular flexibility index (Phi) is 2.70. The fourth-order valence-corrected chi connectivity index (χ4v) is 1.42. The quantitative estimate of drug-likeness (QED) is 0.493. The normalized spacial score (nSPS) is 31.4. The first kappa shape index (κ1) is 8.33. The minimum Gasteiger partial charge on any atom is -0.352 e. The predicted molar refractivity (Wildman–Crippen MR) is 43.2 cm³/mol. The molecule has 1 fully saturated rings. The fraction of sp³-hybridized carbons (Fsp3) is 0.857. The summed E-state index contributed by atoms with van der Waals surface area (Å²) in [7, 11) is 0. The van der Waals surface area contributed by atoms with E-state index in [1.165, 1.54) is 0 Å². The average Bonchev–Trinajstić information content (AvgIpc) is 1.93. The molecule has 1 aliphatic heterocycles. The van der Waals surface area contributed by atoms with Crippen molar-refractivity contribution < 1.29 is 4.79 Å². The summed E-state index contributed by atoms with van der Waals surface area (Å²) < 4.78 is 0. The number of rotatable bonds is 1. The zero-order chi connectivity index (χ0) is 8.27.